The summed E-state index contributed by atoms with van der Waals surface area (Å²) < 4.78 is 13.7. The van der Waals surface area contributed by atoms with Crippen molar-refractivity contribution in [3.05, 3.63) is 24.0 Å². The Bertz CT molecular complexity index is 422. The van der Waals surface area contributed by atoms with Crippen LogP contribution in [0.25, 0.3) is 0 Å². The number of halogens is 1. The van der Waals surface area contributed by atoms with E-state index in [0.717, 1.165) is 6.42 Å². The summed E-state index contributed by atoms with van der Waals surface area (Å²) in [4.78, 5) is 12.9. The van der Waals surface area contributed by atoms with Crippen LogP contribution < -0.4 is 16.4 Å². The number of nitrogen functional groups attached to an aromatic ring is 1. The number of primary amides is 1. The number of hydrogen-bond donors (Lipinski definition) is 2. The molecule has 0 aromatic heterocycles. The van der Waals surface area contributed by atoms with Gasteiger partial charge in [-0.15, -0.1) is 0 Å². The van der Waals surface area contributed by atoms with E-state index in [0.29, 0.717) is 24.3 Å². The molecule has 1 aromatic rings. The Morgan fingerprint density at radius 2 is 2.25 bits per heavy atom. The van der Waals surface area contributed by atoms with Crippen LogP contribution in [-0.2, 0) is 4.79 Å². The van der Waals surface area contributed by atoms with Crippen molar-refractivity contribution in [1.82, 2.24) is 0 Å². The number of rotatable bonds is 2. The molecule has 1 atom stereocenters. The van der Waals surface area contributed by atoms with Crippen LogP contribution >= 0.6 is 0 Å². The zero-order valence-electron chi connectivity index (χ0n) is 8.82. The first-order chi connectivity index (χ1) is 7.59. The summed E-state index contributed by atoms with van der Waals surface area (Å²) in [5.41, 5.74) is 11.5. The minimum Gasteiger partial charge on any atom is -0.399 e. The Balaban J connectivity index is 2.32. The molecular weight excluding hydrogens is 209 g/mol. The van der Waals surface area contributed by atoms with Crippen molar-refractivity contribution in [2.45, 2.75) is 18.9 Å². The maximum Gasteiger partial charge on any atom is 0.240 e. The Morgan fingerprint density at radius 3 is 2.88 bits per heavy atom. The average Bonchev–Trinajstić information content (AvgIpc) is 2.66. The van der Waals surface area contributed by atoms with Gasteiger partial charge in [0.15, 0.2) is 0 Å². The third kappa shape index (κ3) is 1.80. The predicted molar refractivity (Wildman–Crippen MR) is 60.4 cm³/mol. The molecule has 5 heteroatoms. The van der Waals surface area contributed by atoms with Gasteiger partial charge in [0.05, 0.1) is 5.69 Å². The monoisotopic (exact) mass is 223 g/mol. The van der Waals surface area contributed by atoms with E-state index in [4.69, 9.17) is 11.5 Å². The largest absolute Gasteiger partial charge is 0.399 e. The second-order valence-corrected chi connectivity index (χ2v) is 3.96. The fourth-order valence-corrected chi connectivity index (χ4v) is 2.11. The summed E-state index contributed by atoms with van der Waals surface area (Å²) >= 11 is 0. The Morgan fingerprint density at radius 1 is 1.50 bits per heavy atom. The first-order valence-electron chi connectivity index (χ1n) is 5.20. The van der Waals surface area contributed by atoms with E-state index in [-0.39, 0.29) is 0 Å². The minimum absolute atomic E-state index is 0.371. The van der Waals surface area contributed by atoms with E-state index in [1.807, 2.05) is 0 Å². The number of anilines is 2. The van der Waals surface area contributed by atoms with Gasteiger partial charge in [0.1, 0.15) is 11.9 Å². The lowest BCUT2D eigenvalue weighted by molar-refractivity contribution is -0.119. The second-order valence-electron chi connectivity index (χ2n) is 3.96. The molecule has 16 heavy (non-hydrogen) atoms. The Hall–Kier alpha value is -1.78. The molecule has 0 spiro atoms. The summed E-state index contributed by atoms with van der Waals surface area (Å²) in [6.07, 6.45) is 1.52. The van der Waals surface area contributed by atoms with Gasteiger partial charge in [0.25, 0.3) is 0 Å². The van der Waals surface area contributed by atoms with Gasteiger partial charge < -0.3 is 16.4 Å². The number of nitrogens with zero attached hydrogens (tertiary/aromatic N) is 1. The molecule has 0 saturated carbocycles. The molecule has 2 rings (SSSR count). The summed E-state index contributed by atoms with van der Waals surface area (Å²) in [7, 11) is 0. The van der Waals surface area contributed by atoms with Crippen LogP contribution in [0.1, 0.15) is 12.8 Å². The maximum atomic E-state index is 13.7. The van der Waals surface area contributed by atoms with Gasteiger partial charge in [-0.2, -0.15) is 0 Å². The van der Waals surface area contributed by atoms with Crippen LogP contribution in [0.4, 0.5) is 15.8 Å². The van der Waals surface area contributed by atoms with E-state index < -0.39 is 17.8 Å². The van der Waals surface area contributed by atoms with E-state index in [2.05, 4.69) is 0 Å². The van der Waals surface area contributed by atoms with Crippen molar-refractivity contribution in [1.29, 1.82) is 0 Å². The molecule has 1 aliphatic heterocycles. The lowest BCUT2D eigenvalue weighted by atomic mass is 10.2. The highest BCUT2D eigenvalue weighted by Gasteiger charge is 2.30. The molecule has 4 N–H and O–H groups in total. The molecule has 1 aromatic carbocycles. The highest BCUT2D eigenvalue weighted by molar-refractivity contribution is 5.84. The van der Waals surface area contributed by atoms with E-state index >= 15 is 0 Å². The Kier molecular flexibility index (Phi) is 2.68. The minimum atomic E-state index is -0.409. The summed E-state index contributed by atoms with van der Waals surface area (Å²) in [5.74, 6) is -0.818. The van der Waals surface area contributed by atoms with Gasteiger partial charge >= 0.3 is 0 Å². The van der Waals surface area contributed by atoms with Gasteiger partial charge in [-0.25, -0.2) is 4.39 Å². The fourth-order valence-electron chi connectivity index (χ4n) is 2.11. The van der Waals surface area contributed by atoms with Crippen molar-refractivity contribution in [3.8, 4) is 0 Å². The van der Waals surface area contributed by atoms with Crippen LogP contribution in [0.5, 0.6) is 0 Å². The quantitative estimate of drug-likeness (QED) is 0.730. The van der Waals surface area contributed by atoms with Crippen LogP contribution in [0.3, 0.4) is 0 Å². The van der Waals surface area contributed by atoms with Crippen molar-refractivity contribution < 1.29 is 9.18 Å². The zero-order chi connectivity index (χ0) is 11.7. The van der Waals surface area contributed by atoms with E-state index in [1.54, 1.807) is 17.0 Å². The molecule has 86 valence electrons. The average molecular weight is 223 g/mol. The Labute approximate surface area is 93.0 Å². The van der Waals surface area contributed by atoms with Gasteiger partial charge in [-0.1, -0.05) is 0 Å². The molecule has 1 unspecified atom stereocenters. The zero-order valence-corrected chi connectivity index (χ0v) is 8.82. The third-order valence-corrected chi connectivity index (χ3v) is 2.86. The third-order valence-electron chi connectivity index (χ3n) is 2.86. The topological polar surface area (TPSA) is 72.4 Å². The predicted octanol–water partition coefficient (Wildman–Crippen LogP) is 0.862. The molecule has 0 bridgehead atoms. The van der Waals surface area contributed by atoms with Crippen LogP contribution in [0.2, 0.25) is 0 Å². The van der Waals surface area contributed by atoms with Gasteiger partial charge in [0.2, 0.25) is 5.91 Å². The number of carbonyl (C=O) groups is 1. The van der Waals surface area contributed by atoms with Crippen molar-refractivity contribution >= 4 is 17.3 Å². The number of hydrogen-bond acceptors (Lipinski definition) is 3. The van der Waals surface area contributed by atoms with E-state index in [1.165, 1.54) is 6.07 Å². The van der Waals surface area contributed by atoms with Crippen molar-refractivity contribution in [2.75, 3.05) is 17.2 Å². The van der Waals surface area contributed by atoms with Crippen molar-refractivity contribution in [2.24, 2.45) is 5.73 Å². The number of benzene rings is 1. The first kappa shape index (κ1) is 10.7. The lowest BCUT2D eigenvalue weighted by Crippen LogP contribution is -2.40. The molecule has 4 nitrogen and oxygen atoms in total. The van der Waals surface area contributed by atoms with Crippen molar-refractivity contribution in [3.63, 3.8) is 0 Å². The second kappa shape index (κ2) is 4.00. The van der Waals surface area contributed by atoms with Crippen LogP contribution in [0, 0.1) is 5.82 Å². The molecule has 1 amide bonds. The molecule has 1 heterocycles. The number of nitrogens with two attached hydrogens (primary N) is 2. The molecule has 1 saturated heterocycles. The highest BCUT2D eigenvalue weighted by Crippen LogP contribution is 2.28. The SMILES string of the molecule is NC(=O)C1CCCN1c1ccc(N)cc1F. The lowest BCUT2D eigenvalue weighted by Gasteiger charge is -2.24. The number of amides is 1. The molecule has 0 radical (unpaired) electrons. The molecular formula is C11H14FN3O. The standard InChI is InChI=1S/C11H14FN3O/c12-8-6-7(13)3-4-9(8)15-5-1-2-10(15)11(14)16/h3-4,6,10H,1-2,5,13H2,(H2,14,16). The first-order valence-corrected chi connectivity index (χ1v) is 5.20. The summed E-state index contributed by atoms with van der Waals surface area (Å²) in [6, 6.07) is 4.06. The van der Waals surface area contributed by atoms with Gasteiger partial charge in [0, 0.05) is 12.2 Å². The maximum absolute atomic E-state index is 13.7. The molecule has 1 aliphatic rings. The molecule has 0 aliphatic carbocycles. The van der Waals surface area contributed by atoms with Crippen LogP contribution in [0.15, 0.2) is 18.2 Å². The highest BCUT2D eigenvalue weighted by atomic mass is 19.1. The summed E-state index contributed by atoms with van der Waals surface area (Å²) in [6.45, 7) is 0.647. The fraction of sp³-hybridized carbons (Fsp3) is 0.364. The van der Waals surface area contributed by atoms with Crippen LogP contribution in [-0.4, -0.2) is 18.5 Å². The smallest absolute Gasteiger partial charge is 0.240 e. The summed E-state index contributed by atoms with van der Waals surface area (Å²) in [5, 5.41) is 0. The normalized spacial score (nSPS) is 20.1. The van der Waals surface area contributed by atoms with E-state index in [9.17, 15) is 9.18 Å². The number of carbonyl (C=O) groups excluding carboxylic acids is 1. The van der Waals surface area contributed by atoms with Gasteiger partial charge in [-0.3, -0.25) is 4.79 Å². The molecule has 1 fully saturated rings. The van der Waals surface area contributed by atoms with Gasteiger partial charge in [-0.05, 0) is 31.0 Å².